The van der Waals surface area contributed by atoms with Gasteiger partial charge in [0.2, 0.25) is 10.0 Å². The Morgan fingerprint density at radius 2 is 1.85 bits per heavy atom. The third-order valence-electron chi connectivity index (χ3n) is 4.16. The molecule has 3 rings (SSSR count). The highest BCUT2D eigenvalue weighted by molar-refractivity contribution is 7.89. The lowest BCUT2D eigenvalue weighted by molar-refractivity contribution is 0.0950. The maximum atomic E-state index is 12.4. The van der Waals surface area contributed by atoms with E-state index in [-0.39, 0.29) is 23.9 Å². The van der Waals surface area contributed by atoms with Crippen molar-refractivity contribution < 1.29 is 13.2 Å². The van der Waals surface area contributed by atoms with Gasteiger partial charge < -0.3 is 10.3 Å². The summed E-state index contributed by atoms with van der Waals surface area (Å²) in [6, 6.07) is 12.3. The average Bonchev–Trinajstić information content (AvgIpc) is 3.03. The molecule has 2 aromatic carbocycles. The van der Waals surface area contributed by atoms with Crippen LogP contribution in [0.5, 0.6) is 0 Å². The summed E-state index contributed by atoms with van der Waals surface area (Å²) in [5.41, 5.74) is 2.74. The molecule has 0 unspecified atom stereocenters. The molecule has 0 saturated heterocycles. The van der Waals surface area contributed by atoms with Crippen LogP contribution in [0.2, 0.25) is 5.02 Å². The van der Waals surface area contributed by atoms with Crippen LogP contribution < -0.4 is 10.0 Å². The number of amides is 1. The molecular formula is C19H20ClN3O3S. The number of nitrogens with one attached hydrogen (secondary N) is 3. The second kappa shape index (κ2) is 7.72. The van der Waals surface area contributed by atoms with Crippen molar-refractivity contribution in [1.29, 1.82) is 0 Å². The first-order chi connectivity index (χ1) is 12.8. The first-order valence-electron chi connectivity index (χ1n) is 8.40. The standard InChI is InChI=1S/C19H20ClN3O3S/c1-12-3-4-13(2)18(9-12)27(25,26)22-8-7-21-19(24)17-11-14-10-15(20)5-6-16(14)23-17/h3-6,9-11,22-23H,7-8H2,1-2H3,(H,21,24). The van der Waals surface area contributed by atoms with Crippen molar-refractivity contribution >= 4 is 38.4 Å². The second-order valence-electron chi connectivity index (χ2n) is 6.34. The Balaban J connectivity index is 1.59. The molecule has 3 N–H and O–H groups in total. The van der Waals surface area contributed by atoms with Crippen LogP contribution >= 0.6 is 11.6 Å². The topological polar surface area (TPSA) is 91.1 Å². The van der Waals surface area contributed by atoms with Gasteiger partial charge >= 0.3 is 0 Å². The minimum absolute atomic E-state index is 0.0908. The third kappa shape index (κ3) is 4.50. The van der Waals surface area contributed by atoms with Gasteiger partial charge in [0.25, 0.3) is 5.91 Å². The Labute approximate surface area is 163 Å². The fraction of sp³-hybridized carbons (Fsp3) is 0.211. The zero-order valence-corrected chi connectivity index (χ0v) is 16.5. The van der Waals surface area contributed by atoms with E-state index in [2.05, 4.69) is 15.0 Å². The number of benzene rings is 2. The Morgan fingerprint density at radius 1 is 1.07 bits per heavy atom. The number of hydrogen-bond acceptors (Lipinski definition) is 3. The molecule has 1 aromatic heterocycles. The Kier molecular flexibility index (Phi) is 5.55. The van der Waals surface area contributed by atoms with Crippen LogP contribution in [0, 0.1) is 13.8 Å². The first-order valence-corrected chi connectivity index (χ1v) is 10.3. The van der Waals surface area contributed by atoms with Crippen LogP contribution in [0.25, 0.3) is 10.9 Å². The second-order valence-corrected chi connectivity index (χ2v) is 8.51. The molecule has 3 aromatic rings. The summed E-state index contributed by atoms with van der Waals surface area (Å²) in [6.07, 6.45) is 0. The molecule has 27 heavy (non-hydrogen) atoms. The predicted molar refractivity (Wildman–Crippen MR) is 107 cm³/mol. The molecule has 0 bridgehead atoms. The Bertz CT molecular complexity index is 1110. The predicted octanol–water partition coefficient (Wildman–Crippen LogP) is 3.15. The van der Waals surface area contributed by atoms with E-state index in [9.17, 15) is 13.2 Å². The average molecular weight is 406 g/mol. The van der Waals surface area contributed by atoms with Crippen molar-refractivity contribution in [2.45, 2.75) is 18.7 Å². The van der Waals surface area contributed by atoms with Gasteiger partial charge in [-0.25, -0.2) is 13.1 Å². The molecule has 6 nitrogen and oxygen atoms in total. The number of H-pyrrole nitrogens is 1. The number of rotatable bonds is 6. The summed E-state index contributed by atoms with van der Waals surface area (Å²) >= 11 is 5.94. The van der Waals surface area contributed by atoms with Crippen molar-refractivity contribution in [1.82, 2.24) is 15.0 Å². The Morgan fingerprint density at radius 3 is 2.63 bits per heavy atom. The maximum absolute atomic E-state index is 12.4. The van der Waals surface area contributed by atoms with Crippen molar-refractivity contribution in [3.05, 3.63) is 64.3 Å². The van der Waals surface area contributed by atoms with Crippen LogP contribution in [0.1, 0.15) is 21.6 Å². The molecule has 0 radical (unpaired) electrons. The summed E-state index contributed by atoms with van der Waals surface area (Å²) in [4.78, 5) is 15.5. The molecule has 0 atom stereocenters. The molecule has 0 aliphatic carbocycles. The third-order valence-corrected chi connectivity index (χ3v) is 6.00. The van der Waals surface area contributed by atoms with E-state index >= 15 is 0 Å². The van der Waals surface area contributed by atoms with E-state index in [0.29, 0.717) is 16.3 Å². The summed E-state index contributed by atoms with van der Waals surface area (Å²) in [6.45, 7) is 3.84. The largest absolute Gasteiger partial charge is 0.351 e. The molecule has 0 aliphatic rings. The number of carbonyl (C=O) groups is 1. The van der Waals surface area contributed by atoms with Gasteiger partial charge in [0, 0.05) is 29.0 Å². The lowest BCUT2D eigenvalue weighted by atomic mass is 10.2. The molecular weight excluding hydrogens is 386 g/mol. The van der Waals surface area contributed by atoms with Crippen molar-refractivity contribution in [2.75, 3.05) is 13.1 Å². The monoisotopic (exact) mass is 405 g/mol. The Hall–Kier alpha value is -2.35. The van der Waals surface area contributed by atoms with E-state index < -0.39 is 10.0 Å². The smallest absolute Gasteiger partial charge is 0.267 e. The molecule has 0 aliphatic heterocycles. The maximum Gasteiger partial charge on any atom is 0.267 e. The van der Waals surface area contributed by atoms with E-state index in [0.717, 1.165) is 16.5 Å². The zero-order chi connectivity index (χ0) is 19.6. The molecule has 0 fully saturated rings. The quantitative estimate of drug-likeness (QED) is 0.550. The van der Waals surface area contributed by atoms with E-state index in [4.69, 9.17) is 11.6 Å². The zero-order valence-electron chi connectivity index (χ0n) is 15.0. The SMILES string of the molecule is Cc1ccc(C)c(S(=O)(=O)NCCNC(=O)c2cc3cc(Cl)ccc3[nH]2)c1. The van der Waals surface area contributed by atoms with Crippen LogP contribution in [0.4, 0.5) is 0 Å². The van der Waals surface area contributed by atoms with Gasteiger partial charge in [0.1, 0.15) is 5.69 Å². The molecule has 0 spiro atoms. The van der Waals surface area contributed by atoms with Gasteiger partial charge in [0.15, 0.2) is 0 Å². The van der Waals surface area contributed by atoms with Gasteiger partial charge in [-0.05, 0) is 55.3 Å². The number of sulfonamides is 1. The summed E-state index contributed by atoms with van der Waals surface area (Å²) in [5, 5.41) is 4.12. The van der Waals surface area contributed by atoms with Gasteiger partial charge in [-0.1, -0.05) is 23.7 Å². The fourth-order valence-corrected chi connectivity index (χ4v) is 4.30. The molecule has 1 amide bonds. The van der Waals surface area contributed by atoms with E-state index in [1.807, 2.05) is 13.0 Å². The van der Waals surface area contributed by atoms with Gasteiger partial charge in [0.05, 0.1) is 4.90 Å². The van der Waals surface area contributed by atoms with E-state index in [1.165, 1.54) is 0 Å². The number of aromatic amines is 1. The molecule has 8 heteroatoms. The summed E-state index contributed by atoms with van der Waals surface area (Å²) in [7, 11) is -3.63. The first kappa shape index (κ1) is 19.4. The highest BCUT2D eigenvalue weighted by Gasteiger charge is 2.16. The molecule has 142 valence electrons. The minimum atomic E-state index is -3.63. The number of halogens is 1. The number of hydrogen-bond donors (Lipinski definition) is 3. The van der Waals surface area contributed by atoms with Crippen molar-refractivity contribution in [2.24, 2.45) is 0 Å². The van der Waals surface area contributed by atoms with Gasteiger partial charge in [-0.3, -0.25) is 4.79 Å². The van der Waals surface area contributed by atoms with Crippen molar-refractivity contribution in [3.63, 3.8) is 0 Å². The molecule has 0 saturated carbocycles. The fourth-order valence-electron chi connectivity index (χ4n) is 2.76. The molecule has 1 heterocycles. The lowest BCUT2D eigenvalue weighted by Gasteiger charge is -2.10. The lowest BCUT2D eigenvalue weighted by Crippen LogP contribution is -2.35. The van der Waals surface area contributed by atoms with Crippen LogP contribution in [-0.2, 0) is 10.0 Å². The number of aromatic nitrogens is 1. The van der Waals surface area contributed by atoms with Crippen LogP contribution in [0.15, 0.2) is 47.4 Å². The summed E-state index contributed by atoms with van der Waals surface area (Å²) < 4.78 is 27.4. The van der Waals surface area contributed by atoms with Gasteiger partial charge in [-0.15, -0.1) is 0 Å². The van der Waals surface area contributed by atoms with E-state index in [1.54, 1.807) is 43.3 Å². The van der Waals surface area contributed by atoms with Crippen LogP contribution in [0.3, 0.4) is 0 Å². The van der Waals surface area contributed by atoms with Gasteiger partial charge in [-0.2, -0.15) is 0 Å². The highest BCUT2D eigenvalue weighted by Crippen LogP contribution is 2.20. The number of fused-ring (bicyclic) bond motifs is 1. The number of carbonyl (C=O) groups excluding carboxylic acids is 1. The number of aryl methyl sites for hydroxylation is 2. The normalized spacial score (nSPS) is 11.7. The van der Waals surface area contributed by atoms with Crippen LogP contribution in [-0.4, -0.2) is 32.4 Å². The van der Waals surface area contributed by atoms with Crippen molar-refractivity contribution in [3.8, 4) is 0 Å². The highest BCUT2D eigenvalue weighted by atomic mass is 35.5. The minimum Gasteiger partial charge on any atom is -0.351 e. The summed E-state index contributed by atoms with van der Waals surface area (Å²) in [5.74, 6) is -0.312.